The Morgan fingerprint density at radius 2 is 2.00 bits per heavy atom. The summed E-state index contributed by atoms with van der Waals surface area (Å²) in [4.78, 5) is 24.9. The topological polar surface area (TPSA) is 69.6 Å². The van der Waals surface area contributed by atoms with Crippen LogP contribution in [0.3, 0.4) is 0 Å². The van der Waals surface area contributed by atoms with Gasteiger partial charge in [0.2, 0.25) is 0 Å². The molecule has 0 spiro atoms. The Labute approximate surface area is 139 Å². The lowest BCUT2D eigenvalue weighted by Crippen LogP contribution is -2.34. The van der Waals surface area contributed by atoms with Gasteiger partial charge in [0.25, 0.3) is 11.8 Å². The number of halogens is 2. The summed E-state index contributed by atoms with van der Waals surface area (Å²) in [6.07, 6.45) is 2.03. The van der Waals surface area contributed by atoms with E-state index in [0.717, 1.165) is 31.5 Å². The molecule has 7 heteroatoms. The Bertz CT molecular complexity index is 629. The van der Waals surface area contributed by atoms with Crippen molar-refractivity contribution in [1.82, 2.24) is 4.90 Å². The first-order valence-electron chi connectivity index (χ1n) is 6.41. The molecule has 112 valence electrons. The third-order valence-corrected chi connectivity index (χ3v) is 4.19. The maximum atomic E-state index is 12.1. The van der Waals surface area contributed by atoms with E-state index < -0.39 is 11.8 Å². The number of aryl methyl sites for hydroxylation is 1. The van der Waals surface area contributed by atoms with Crippen molar-refractivity contribution in [2.24, 2.45) is 0 Å². The van der Waals surface area contributed by atoms with Gasteiger partial charge in [-0.25, -0.2) is 0 Å². The van der Waals surface area contributed by atoms with Crippen LogP contribution in [-0.2, 0) is 16.0 Å². The van der Waals surface area contributed by atoms with Crippen LogP contribution in [0.25, 0.3) is 0 Å². The smallest absolute Gasteiger partial charge is 0.277 e. The van der Waals surface area contributed by atoms with Crippen molar-refractivity contribution in [2.75, 3.05) is 18.5 Å². The number of imide groups is 1. The van der Waals surface area contributed by atoms with E-state index in [1.807, 2.05) is 19.1 Å². The Kier molecular flexibility index (Phi) is 5.18. The number of hydrogen-bond donors (Lipinski definition) is 2. The molecule has 21 heavy (non-hydrogen) atoms. The minimum Gasteiger partial charge on any atom is -0.395 e. The van der Waals surface area contributed by atoms with Gasteiger partial charge in [0.05, 0.1) is 18.8 Å². The highest BCUT2D eigenvalue weighted by atomic mass is 79.9. The molecule has 0 saturated heterocycles. The average Bonchev–Trinajstić information content (AvgIpc) is 2.69. The maximum Gasteiger partial charge on any atom is 0.277 e. The second kappa shape index (κ2) is 6.72. The maximum absolute atomic E-state index is 12.1. The number of anilines is 1. The average molecular weight is 418 g/mol. The number of aliphatic hydroxyl groups is 1. The highest BCUT2D eigenvalue weighted by molar-refractivity contribution is 9.11. The molecule has 5 nitrogen and oxygen atoms in total. The van der Waals surface area contributed by atoms with E-state index in [9.17, 15) is 9.59 Å². The van der Waals surface area contributed by atoms with E-state index in [-0.39, 0.29) is 18.8 Å². The molecule has 0 atom stereocenters. The van der Waals surface area contributed by atoms with Gasteiger partial charge in [-0.15, -0.1) is 0 Å². The molecule has 0 fully saturated rings. The number of nitrogens with zero attached hydrogens (tertiary/aromatic N) is 1. The third kappa shape index (κ3) is 3.36. The fourth-order valence-corrected chi connectivity index (χ4v) is 3.50. The van der Waals surface area contributed by atoms with Crippen LogP contribution in [-0.4, -0.2) is 35.0 Å². The molecule has 0 aliphatic carbocycles. The second-order valence-corrected chi connectivity index (χ2v) is 6.25. The molecule has 0 aromatic heterocycles. The number of amides is 2. The molecule has 0 radical (unpaired) electrons. The van der Waals surface area contributed by atoms with Crippen LogP contribution in [0.4, 0.5) is 5.69 Å². The number of benzene rings is 1. The van der Waals surface area contributed by atoms with Crippen molar-refractivity contribution >= 4 is 49.4 Å². The molecule has 2 rings (SSSR count). The number of nitrogens with one attached hydrogen (secondary N) is 1. The van der Waals surface area contributed by atoms with Gasteiger partial charge in [-0.3, -0.25) is 14.5 Å². The zero-order valence-corrected chi connectivity index (χ0v) is 14.5. The van der Waals surface area contributed by atoms with Gasteiger partial charge in [-0.1, -0.05) is 22.9 Å². The largest absolute Gasteiger partial charge is 0.395 e. The summed E-state index contributed by atoms with van der Waals surface area (Å²) in [6, 6.07) is 3.83. The molecule has 1 aromatic carbocycles. The molecule has 2 amide bonds. The molecular formula is C14H14Br2N2O3. The van der Waals surface area contributed by atoms with Crippen molar-refractivity contribution in [3.63, 3.8) is 0 Å². The van der Waals surface area contributed by atoms with Crippen LogP contribution in [0, 0.1) is 0 Å². The van der Waals surface area contributed by atoms with Crippen LogP contribution in [0.1, 0.15) is 12.5 Å². The number of rotatable bonds is 5. The minimum absolute atomic E-state index is 0.00148. The van der Waals surface area contributed by atoms with Gasteiger partial charge in [-0.2, -0.15) is 0 Å². The standard InChI is InChI=1S/C14H14Br2N2O3/c1-2-8-5-9(15)6-10(16)13(8)17-11-7-12(20)18(3-4-19)14(11)21/h5-7,17,19H,2-4H2,1H3. The Morgan fingerprint density at radius 1 is 1.29 bits per heavy atom. The summed E-state index contributed by atoms with van der Waals surface area (Å²) in [5.74, 6) is -0.839. The molecule has 2 N–H and O–H groups in total. The quantitative estimate of drug-likeness (QED) is 0.722. The SMILES string of the molecule is CCc1cc(Br)cc(Br)c1NC1=CC(=O)N(CCO)C1=O. The molecule has 1 aliphatic heterocycles. The summed E-state index contributed by atoms with van der Waals surface area (Å²) in [5.41, 5.74) is 1.99. The normalized spacial score (nSPS) is 14.7. The zero-order valence-electron chi connectivity index (χ0n) is 11.3. The van der Waals surface area contributed by atoms with E-state index in [0.29, 0.717) is 0 Å². The van der Waals surface area contributed by atoms with Gasteiger partial charge in [-0.05, 0) is 40.0 Å². The molecule has 1 aliphatic rings. The van der Waals surface area contributed by atoms with Gasteiger partial charge in [0, 0.05) is 15.0 Å². The predicted octanol–water partition coefficient (Wildman–Crippen LogP) is 2.43. The van der Waals surface area contributed by atoms with Crippen LogP contribution in [0.2, 0.25) is 0 Å². The highest BCUT2D eigenvalue weighted by Gasteiger charge is 2.31. The third-order valence-electron chi connectivity index (χ3n) is 3.11. The van der Waals surface area contributed by atoms with Gasteiger partial charge < -0.3 is 10.4 Å². The summed E-state index contributed by atoms with van der Waals surface area (Å²) in [6.45, 7) is 1.76. The number of hydrogen-bond acceptors (Lipinski definition) is 4. The number of carbonyl (C=O) groups excluding carboxylic acids is 2. The van der Waals surface area contributed by atoms with Crippen molar-refractivity contribution in [2.45, 2.75) is 13.3 Å². The fourth-order valence-electron chi connectivity index (χ4n) is 2.09. The monoisotopic (exact) mass is 416 g/mol. The van der Waals surface area contributed by atoms with Crippen LogP contribution >= 0.6 is 31.9 Å². The number of β-amino-alcohol motifs (C(OH)–C–C–N with tert-alkyl or cyclic N) is 1. The molecular weight excluding hydrogens is 404 g/mol. The second-order valence-electron chi connectivity index (χ2n) is 4.48. The lowest BCUT2D eigenvalue weighted by molar-refractivity contribution is -0.137. The molecule has 0 bridgehead atoms. The fraction of sp³-hybridized carbons (Fsp3) is 0.286. The zero-order chi connectivity index (χ0) is 15.6. The van der Waals surface area contributed by atoms with E-state index >= 15 is 0 Å². The van der Waals surface area contributed by atoms with Crippen molar-refractivity contribution in [1.29, 1.82) is 0 Å². The van der Waals surface area contributed by atoms with Crippen molar-refractivity contribution in [3.8, 4) is 0 Å². The van der Waals surface area contributed by atoms with Gasteiger partial charge in [0.1, 0.15) is 5.70 Å². The summed E-state index contributed by atoms with van der Waals surface area (Å²) >= 11 is 6.88. The van der Waals surface area contributed by atoms with Crippen molar-refractivity contribution in [3.05, 3.63) is 38.4 Å². The number of carbonyl (C=O) groups is 2. The van der Waals surface area contributed by atoms with E-state index in [1.165, 1.54) is 6.08 Å². The van der Waals surface area contributed by atoms with Gasteiger partial charge in [0.15, 0.2) is 0 Å². The Morgan fingerprint density at radius 3 is 2.62 bits per heavy atom. The van der Waals surface area contributed by atoms with Gasteiger partial charge >= 0.3 is 0 Å². The van der Waals surface area contributed by atoms with Crippen LogP contribution in [0.5, 0.6) is 0 Å². The summed E-state index contributed by atoms with van der Waals surface area (Å²) < 4.78 is 1.73. The van der Waals surface area contributed by atoms with E-state index in [1.54, 1.807) is 0 Å². The first kappa shape index (κ1) is 16.2. The molecule has 1 aromatic rings. The predicted molar refractivity (Wildman–Crippen MR) is 86.7 cm³/mol. The summed E-state index contributed by atoms with van der Waals surface area (Å²) in [5, 5.41) is 11.9. The van der Waals surface area contributed by atoms with E-state index in [4.69, 9.17) is 5.11 Å². The molecule has 0 saturated carbocycles. The Hall–Kier alpha value is -1.18. The Balaban J connectivity index is 2.29. The lowest BCUT2D eigenvalue weighted by Gasteiger charge is -2.16. The van der Waals surface area contributed by atoms with Crippen LogP contribution < -0.4 is 5.32 Å². The van der Waals surface area contributed by atoms with E-state index in [2.05, 4.69) is 37.2 Å². The summed E-state index contributed by atoms with van der Waals surface area (Å²) in [7, 11) is 0. The first-order valence-corrected chi connectivity index (χ1v) is 7.99. The van der Waals surface area contributed by atoms with Crippen molar-refractivity contribution < 1.29 is 14.7 Å². The first-order chi connectivity index (χ1) is 9.97. The lowest BCUT2D eigenvalue weighted by atomic mass is 10.1. The minimum atomic E-state index is -0.425. The molecule has 0 unspecified atom stereocenters. The van der Waals surface area contributed by atoms with Crippen LogP contribution in [0.15, 0.2) is 32.9 Å². The highest BCUT2D eigenvalue weighted by Crippen LogP contribution is 2.32. The number of aliphatic hydroxyl groups excluding tert-OH is 1. The molecule has 1 heterocycles.